The van der Waals surface area contributed by atoms with Crippen LogP contribution in [0.15, 0.2) is 30.0 Å². The van der Waals surface area contributed by atoms with Crippen molar-refractivity contribution in [2.75, 3.05) is 0 Å². The molecule has 0 saturated carbocycles. The van der Waals surface area contributed by atoms with Gasteiger partial charge in [0.1, 0.15) is 0 Å². The topological polar surface area (TPSA) is 17.8 Å². The van der Waals surface area contributed by atoms with E-state index in [9.17, 15) is 0 Å². The van der Waals surface area contributed by atoms with E-state index in [1.54, 1.807) is 0 Å². The van der Waals surface area contributed by atoms with Gasteiger partial charge >= 0.3 is 0 Å². The summed E-state index contributed by atoms with van der Waals surface area (Å²) in [5, 5.41) is 4.25. The quantitative estimate of drug-likeness (QED) is 0.690. The molecular formula is C13H20N2. The van der Waals surface area contributed by atoms with Gasteiger partial charge in [0.2, 0.25) is 0 Å². The summed E-state index contributed by atoms with van der Waals surface area (Å²) in [6.45, 7) is 12.4. The van der Waals surface area contributed by atoms with Crippen LogP contribution in [-0.4, -0.2) is 9.78 Å². The Hall–Kier alpha value is -1.31. The Morgan fingerprint density at radius 2 is 2.13 bits per heavy atom. The van der Waals surface area contributed by atoms with Gasteiger partial charge in [-0.2, -0.15) is 5.10 Å². The molecule has 0 saturated heterocycles. The third kappa shape index (κ3) is 2.58. The van der Waals surface area contributed by atoms with Crippen LogP contribution in [0.4, 0.5) is 0 Å². The van der Waals surface area contributed by atoms with Crippen molar-refractivity contribution in [3.8, 4) is 0 Å². The summed E-state index contributed by atoms with van der Waals surface area (Å²) in [5.74, 6) is 0.384. The molecule has 1 atom stereocenters. The lowest BCUT2D eigenvalue weighted by Crippen LogP contribution is -2.02. The minimum Gasteiger partial charge on any atom is -0.272 e. The number of aryl methyl sites for hydroxylation is 2. The zero-order valence-electron chi connectivity index (χ0n) is 10.3. The molecule has 2 nitrogen and oxygen atoms in total. The predicted molar refractivity (Wildman–Crippen MR) is 64.9 cm³/mol. The van der Waals surface area contributed by atoms with Gasteiger partial charge in [-0.05, 0) is 26.3 Å². The van der Waals surface area contributed by atoms with E-state index in [2.05, 4.69) is 38.5 Å². The smallest absolute Gasteiger partial charge is 0.0521 e. The van der Waals surface area contributed by atoms with E-state index in [4.69, 9.17) is 0 Å². The van der Waals surface area contributed by atoms with Crippen molar-refractivity contribution in [2.24, 2.45) is 7.05 Å². The summed E-state index contributed by atoms with van der Waals surface area (Å²) in [4.78, 5) is 0. The molecule has 1 heterocycles. The first-order valence-corrected chi connectivity index (χ1v) is 5.26. The summed E-state index contributed by atoms with van der Waals surface area (Å²) >= 11 is 0. The van der Waals surface area contributed by atoms with Crippen LogP contribution < -0.4 is 0 Å². The van der Waals surface area contributed by atoms with E-state index in [1.165, 1.54) is 16.8 Å². The van der Waals surface area contributed by atoms with Crippen LogP contribution in [0.5, 0.6) is 0 Å². The highest BCUT2D eigenvalue weighted by Gasteiger charge is 2.11. The highest BCUT2D eigenvalue weighted by Crippen LogP contribution is 2.22. The lowest BCUT2D eigenvalue weighted by molar-refractivity contribution is 0.689. The van der Waals surface area contributed by atoms with Gasteiger partial charge < -0.3 is 0 Å². The van der Waals surface area contributed by atoms with E-state index in [1.807, 2.05) is 24.9 Å². The maximum Gasteiger partial charge on any atom is 0.0521 e. The van der Waals surface area contributed by atoms with Gasteiger partial charge in [0.15, 0.2) is 0 Å². The molecule has 0 aliphatic carbocycles. The summed E-state index contributed by atoms with van der Waals surface area (Å²) in [6, 6.07) is 0. The fourth-order valence-corrected chi connectivity index (χ4v) is 1.81. The first kappa shape index (κ1) is 11.8. The summed E-state index contributed by atoms with van der Waals surface area (Å²) in [7, 11) is 1.99. The van der Waals surface area contributed by atoms with Crippen LogP contribution in [0.25, 0.3) is 0 Å². The van der Waals surface area contributed by atoms with Crippen LogP contribution in [0.3, 0.4) is 0 Å². The van der Waals surface area contributed by atoms with Crippen molar-refractivity contribution in [1.29, 1.82) is 0 Å². The van der Waals surface area contributed by atoms with Gasteiger partial charge in [-0.15, -0.1) is 0 Å². The Labute approximate surface area is 92.3 Å². The summed E-state index contributed by atoms with van der Waals surface area (Å²) in [6.07, 6.45) is 4.15. The van der Waals surface area contributed by atoms with E-state index >= 15 is 0 Å². The van der Waals surface area contributed by atoms with Crippen LogP contribution in [0.2, 0.25) is 0 Å². The Bertz CT molecular complexity index is 377. The molecule has 0 spiro atoms. The first-order valence-electron chi connectivity index (χ1n) is 5.26. The lowest BCUT2D eigenvalue weighted by atomic mass is 9.99. The molecule has 1 unspecified atom stereocenters. The maximum atomic E-state index is 4.25. The van der Waals surface area contributed by atoms with Crippen LogP contribution in [-0.2, 0) is 7.05 Å². The van der Waals surface area contributed by atoms with E-state index < -0.39 is 0 Å². The van der Waals surface area contributed by atoms with Gasteiger partial charge in [-0.3, -0.25) is 4.68 Å². The van der Waals surface area contributed by atoms with Gasteiger partial charge in [0.25, 0.3) is 0 Å². The van der Waals surface area contributed by atoms with Gasteiger partial charge in [-0.25, -0.2) is 0 Å². The molecule has 2 heteroatoms. The molecule has 0 aliphatic rings. The minimum atomic E-state index is 0.384. The predicted octanol–water partition coefficient (Wildman–Crippen LogP) is 3.35. The second-order valence-electron chi connectivity index (χ2n) is 4.26. The van der Waals surface area contributed by atoms with Crippen LogP contribution >= 0.6 is 0 Å². The summed E-state index contributed by atoms with van der Waals surface area (Å²) < 4.78 is 1.95. The molecular weight excluding hydrogens is 184 g/mol. The average Bonchev–Trinajstić information content (AvgIpc) is 2.45. The molecule has 0 radical (unpaired) electrons. The highest BCUT2D eigenvalue weighted by atomic mass is 15.3. The SMILES string of the molecule is C=C(C)/C(C)=C/C(C)c1c(C)cnn1C. The number of allylic oxidation sites excluding steroid dienone is 3. The average molecular weight is 204 g/mol. The lowest BCUT2D eigenvalue weighted by Gasteiger charge is -2.11. The molecule has 15 heavy (non-hydrogen) atoms. The third-order valence-electron chi connectivity index (χ3n) is 2.78. The molecule has 1 aromatic heterocycles. The van der Waals surface area contributed by atoms with E-state index in [-0.39, 0.29) is 0 Å². The number of nitrogens with zero attached hydrogens (tertiary/aromatic N) is 2. The maximum absolute atomic E-state index is 4.25. The first-order chi connectivity index (χ1) is 6.93. The number of hydrogen-bond acceptors (Lipinski definition) is 1. The highest BCUT2D eigenvalue weighted by molar-refractivity contribution is 5.30. The van der Waals surface area contributed by atoms with Crippen molar-refractivity contribution in [2.45, 2.75) is 33.6 Å². The molecule has 0 fully saturated rings. The third-order valence-corrected chi connectivity index (χ3v) is 2.78. The van der Waals surface area contributed by atoms with Crippen molar-refractivity contribution in [3.63, 3.8) is 0 Å². The second kappa shape index (κ2) is 4.47. The molecule has 0 aliphatic heterocycles. The monoisotopic (exact) mass is 204 g/mol. The Kier molecular flexibility index (Phi) is 3.51. The molecule has 1 rings (SSSR count). The van der Waals surface area contributed by atoms with Crippen LogP contribution in [0.1, 0.15) is 37.9 Å². The van der Waals surface area contributed by atoms with Crippen molar-refractivity contribution in [3.05, 3.63) is 41.3 Å². The van der Waals surface area contributed by atoms with Crippen molar-refractivity contribution in [1.82, 2.24) is 9.78 Å². The molecule has 1 aromatic rings. The molecule has 0 N–H and O–H groups in total. The van der Waals surface area contributed by atoms with Crippen molar-refractivity contribution >= 4 is 0 Å². The van der Waals surface area contributed by atoms with E-state index in [0.717, 1.165) is 5.57 Å². The zero-order chi connectivity index (χ0) is 11.6. The fourth-order valence-electron chi connectivity index (χ4n) is 1.81. The number of rotatable bonds is 3. The Balaban J connectivity index is 3.00. The van der Waals surface area contributed by atoms with Crippen LogP contribution in [0, 0.1) is 6.92 Å². The zero-order valence-corrected chi connectivity index (χ0v) is 10.3. The Morgan fingerprint density at radius 3 is 2.53 bits per heavy atom. The Morgan fingerprint density at radius 1 is 1.53 bits per heavy atom. The molecule has 82 valence electrons. The number of aromatic nitrogens is 2. The van der Waals surface area contributed by atoms with Crippen molar-refractivity contribution < 1.29 is 0 Å². The summed E-state index contributed by atoms with van der Waals surface area (Å²) in [5.41, 5.74) is 4.90. The fraction of sp³-hybridized carbons (Fsp3) is 0.462. The van der Waals surface area contributed by atoms with E-state index in [0.29, 0.717) is 5.92 Å². The minimum absolute atomic E-state index is 0.384. The number of hydrogen-bond donors (Lipinski definition) is 0. The largest absolute Gasteiger partial charge is 0.272 e. The standard InChI is InChI=1S/C13H20N2/c1-9(2)10(3)7-11(4)13-12(5)8-14-15(13)6/h7-8,11H,1H2,2-6H3/b10-7+. The second-order valence-corrected chi connectivity index (χ2v) is 4.26. The van der Waals surface area contributed by atoms with Gasteiger partial charge in [0.05, 0.1) is 6.20 Å². The van der Waals surface area contributed by atoms with Gasteiger partial charge in [-0.1, -0.05) is 30.7 Å². The molecule has 0 bridgehead atoms. The normalized spacial score (nSPS) is 14.1. The van der Waals surface area contributed by atoms with Gasteiger partial charge in [0, 0.05) is 18.7 Å². The molecule has 0 amide bonds. The molecule has 0 aromatic carbocycles.